The van der Waals surface area contributed by atoms with Gasteiger partial charge in [-0.25, -0.2) is 0 Å². The zero-order valence-electron chi connectivity index (χ0n) is 13.7. The number of carboxylic acids is 1. The summed E-state index contributed by atoms with van der Waals surface area (Å²) in [5.41, 5.74) is 0. The van der Waals surface area contributed by atoms with E-state index >= 15 is 0 Å². The molecule has 2 saturated heterocycles. The second-order valence-corrected chi connectivity index (χ2v) is 7.41. The maximum absolute atomic E-state index is 12.8. The lowest BCUT2D eigenvalue weighted by atomic mass is 9.94. The Balaban J connectivity index is 1.90. The van der Waals surface area contributed by atoms with Crippen molar-refractivity contribution in [3.63, 3.8) is 0 Å². The summed E-state index contributed by atoms with van der Waals surface area (Å²) in [5.74, 6) is 0.910. The Kier molecular flexibility index (Phi) is 6.74. The number of hydrogen-bond donors (Lipinski definition) is 1. The van der Waals surface area contributed by atoms with Crippen molar-refractivity contribution in [1.29, 1.82) is 0 Å². The van der Waals surface area contributed by atoms with Crippen molar-refractivity contribution >= 4 is 29.5 Å². The van der Waals surface area contributed by atoms with Crippen LogP contribution in [-0.4, -0.2) is 69.9 Å². The Labute approximate surface area is 141 Å². The summed E-state index contributed by atoms with van der Waals surface area (Å²) >= 11 is 1.71. The largest absolute Gasteiger partial charge is 0.481 e. The third kappa shape index (κ3) is 4.86. The zero-order chi connectivity index (χ0) is 16.8. The predicted molar refractivity (Wildman–Crippen MR) is 89.3 cm³/mol. The molecule has 1 atom stereocenters. The molecular weight excluding hydrogens is 316 g/mol. The van der Waals surface area contributed by atoms with Crippen LogP contribution in [0.5, 0.6) is 0 Å². The van der Waals surface area contributed by atoms with Gasteiger partial charge in [0.15, 0.2) is 0 Å². The van der Waals surface area contributed by atoms with Gasteiger partial charge in [0.25, 0.3) is 0 Å². The highest BCUT2D eigenvalue weighted by Crippen LogP contribution is 2.26. The maximum atomic E-state index is 12.8. The smallest absolute Gasteiger partial charge is 0.305 e. The van der Waals surface area contributed by atoms with E-state index in [1.165, 1.54) is 0 Å². The van der Waals surface area contributed by atoms with Crippen molar-refractivity contribution in [1.82, 2.24) is 9.80 Å². The van der Waals surface area contributed by atoms with Crippen LogP contribution in [0.2, 0.25) is 0 Å². The van der Waals surface area contributed by atoms with Crippen molar-refractivity contribution in [3.05, 3.63) is 0 Å². The molecule has 7 heteroatoms. The minimum Gasteiger partial charge on any atom is -0.481 e. The van der Waals surface area contributed by atoms with Gasteiger partial charge in [0.1, 0.15) is 0 Å². The minimum absolute atomic E-state index is 0.0204. The first-order valence-electron chi connectivity index (χ1n) is 8.40. The number of aliphatic carboxylic acids is 1. The number of nitrogens with zero attached hydrogens (tertiary/aromatic N) is 2. The van der Waals surface area contributed by atoms with E-state index in [4.69, 9.17) is 5.11 Å². The number of amides is 2. The number of carboxylic acid groups (broad SMARTS) is 1. The molecule has 130 valence electrons. The number of carbonyl (C=O) groups excluding carboxylic acids is 2. The van der Waals surface area contributed by atoms with Gasteiger partial charge in [-0.2, -0.15) is 11.8 Å². The molecule has 0 spiro atoms. The van der Waals surface area contributed by atoms with Crippen LogP contribution in [0.4, 0.5) is 0 Å². The second-order valence-electron chi connectivity index (χ2n) is 6.26. The topological polar surface area (TPSA) is 77.9 Å². The summed E-state index contributed by atoms with van der Waals surface area (Å²) in [6.07, 6.45) is 2.82. The van der Waals surface area contributed by atoms with Gasteiger partial charge in [0.2, 0.25) is 11.8 Å². The summed E-state index contributed by atoms with van der Waals surface area (Å²) < 4.78 is 0. The van der Waals surface area contributed by atoms with E-state index < -0.39 is 5.97 Å². The molecule has 0 bridgehead atoms. The first kappa shape index (κ1) is 18.1. The molecule has 0 radical (unpaired) electrons. The van der Waals surface area contributed by atoms with Crippen LogP contribution < -0.4 is 0 Å². The summed E-state index contributed by atoms with van der Waals surface area (Å²) in [4.78, 5) is 39.3. The van der Waals surface area contributed by atoms with Crippen LogP contribution in [0.1, 0.15) is 39.0 Å². The first-order chi connectivity index (χ1) is 11.0. The number of rotatable bonds is 5. The molecule has 2 rings (SSSR count). The summed E-state index contributed by atoms with van der Waals surface area (Å²) in [7, 11) is 0. The zero-order valence-corrected chi connectivity index (χ0v) is 14.5. The van der Waals surface area contributed by atoms with Crippen LogP contribution in [-0.2, 0) is 14.4 Å². The number of thioether (sulfide) groups is 1. The third-order valence-corrected chi connectivity index (χ3v) is 5.67. The van der Waals surface area contributed by atoms with Gasteiger partial charge in [-0.15, -0.1) is 0 Å². The van der Waals surface area contributed by atoms with E-state index in [-0.39, 0.29) is 30.2 Å². The lowest BCUT2D eigenvalue weighted by Gasteiger charge is -2.39. The molecule has 2 fully saturated rings. The maximum Gasteiger partial charge on any atom is 0.305 e. The standard InChI is InChI=1S/C16H26N2O4S/c1-2-3-14(19)17-6-4-12(5-7-17)16(22)18-8-9-23-11-13(18)10-15(20)21/h12-13H,2-11H2,1H3,(H,20,21). The van der Waals surface area contributed by atoms with Crippen molar-refractivity contribution in [2.75, 3.05) is 31.1 Å². The van der Waals surface area contributed by atoms with E-state index in [0.29, 0.717) is 44.6 Å². The number of piperidine rings is 1. The first-order valence-corrected chi connectivity index (χ1v) is 9.56. The highest BCUT2D eigenvalue weighted by atomic mass is 32.2. The summed E-state index contributed by atoms with van der Waals surface area (Å²) in [5, 5.41) is 9.03. The van der Waals surface area contributed by atoms with E-state index in [1.54, 1.807) is 16.7 Å². The van der Waals surface area contributed by atoms with Gasteiger partial charge in [-0.1, -0.05) is 6.92 Å². The lowest BCUT2D eigenvalue weighted by molar-refractivity contribution is -0.144. The van der Waals surface area contributed by atoms with Gasteiger partial charge in [0.05, 0.1) is 12.5 Å². The van der Waals surface area contributed by atoms with Crippen molar-refractivity contribution in [2.24, 2.45) is 5.92 Å². The predicted octanol–water partition coefficient (Wildman–Crippen LogP) is 1.44. The molecule has 0 aromatic carbocycles. The SMILES string of the molecule is CCCC(=O)N1CCC(C(=O)N2CCSCC2CC(=O)O)CC1. The molecule has 1 unspecified atom stereocenters. The molecule has 1 N–H and O–H groups in total. The Morgan fingerprint density at radius 2 is 1.87 bits per heavy atom. The van der Waals surface area contributed by atoms with Crippen molar-refractivity contribution in [3.8, 4) is 0 Å². The molecule has 6 nitrogen and oxygen atoms in total. The second kappa shape index (κ2) is 8.57. The minimum atomic E-state index is -0.852. The van der Waals surface area contributed by atoms with Gasteiger partial charge in [0, 0.05) is 43.5 Å². The molecular formula is C16H26N2O4S. The molecule has 23 heavy (non-hydrogen) atoms. The highest BCUT2D eigenvalue weighted by molar-refractivity contribution is 7.99. The quantitative estimate of drug-likeness (QED) is 0.818. The monoisotopic (exact) mass is 342 g/mol. The number of hydrogen-bond acceptors (Lipinski definition) is 4. The van der Waals surface area contributed by atoms with E-state index in [9.17, 15) is 14.4 Å². The fourth-order valence-corrected chi connectivity index (χ4v) is 4.36. The van der Waals surface area contributed by atoms with E-state index in [1.807, 2.05) is 11.8 Å². The Morgan fingerprint density at radius 1 is 1.17 bits per heavy atom. The fraction of sp³-hybridized carbons (Fsp3) is 0.812. The fourth-order valence-electron chi connectivity index (χ4n) is 3.30. The van der Waals surface area contributed by atoms with Crippen LogP contribution >= 0.6 is 11.8 Å². The molecule has 0 saturated carbocycles. The normalized spacial score (nSPS) is 22.9. The van der Waals surface area contributed by atoms with Gasteiger partial charge in [-0.3, -0.25) is 14.4 Å². The highest BCUT2D eigenvalue weighted by Gasteiger charge is 2.35. The van der Waals surface area contributed by atoms with Crippen LogP contribution in [0, 0.1) is 5.92 Å². The molecule has 0 aromatic heterocycles. The molecule has 0 aromatic rings. The van der Waals surface area contributed by atoms with Crippen molar-refractivity contribution in [2.45, 2.75) is 45.1 Å². The van der Waals surface area contributed by atoms with Crippen LogP contribution in [0.25, 0.3) is 0 Å². The molecule has 2 heterocycles. The van der Waals surface area contributed by atoms with Crippen molar-refractivity contribution < 1.29 is 19.5 Å². The average Bonchev–Trinajstić information content (AvgIpc) is 2.54. The molecule has 2 aliphatic rings. The average molecular weight is 342 g/mol. The molecule has 2 amide bonds. The lowest BCUT2D eigenvalue weighted by Crippen LogP contribution is -2.51. The Bertz CT molecular complexity index is 449. The molecule has 0 aliphatic carbocycles. The van der Waals surface area contributed by atoms with Gasteiger partial charge >= 0.3 is 5.97 Å². The number of likely N-dealkylation sites (tertiary alicyclic amines) is 1. The summed E-state index contributed by atoms with van der Waals surface area (Å²) in [6, 6.07) is -0.196. The Morgan fingerprint density at radius 3 is 2.48 bits per heavy atom. The third-order valence-electron chi connectivity index (χ3n) is 4.58. The summed E-state index contributed by atoms with van der Waals surface area (Å²) in [6.45, 7) is 3.91. The van der Waals surface area contributed by atoms with Gasteiger partial charge < -0.3 is 14.9 Å². The van der Waals surface area contributed by atoms with Crippen LogP contribution in [0.15, 0.2) is 0 Å². The number of carbonyl (C=O) groups is 3. The van der Waals surface area contributed by atoms with E-state index in [2.05, 4.69) is 0 Å². The molecule has 2 aliphatic heterocycles. The van der Waals surface area contributed by atoms with Crippen LogP contribution in [0.3, 0.4) is 0 Å². The van der Waals surface area contributed by atoms with Gasteiger partial charge in [-0.05, 0) is 19.3 Å². The Hall–Kier alpha value is -1.24. The van der Waals surface area contributed by atoms with E-state index in [0.717, 1.165) is 12.2 Å².